The summed E-state index contributed by atoms with van der Waals surface area (Å²) in [4.78, 5) is 17.1. The lowest BCUT2D eigenvalue weighted by molar-refractivity contribution is 0.102. The fraction of sp³-hybridized carbons (Fsp3) is 0.278. The standard InChI is InChI=1S/C18H18N4O3S2/c1-12-9-16(22(21-12)14-7-8-27(24,25)11-14)20-17(23)15-10-26-18(19-15)13-5-3-2-4-6-13/h2-6,9-10,14H,7-8,11H2,1H3,(H,20,23)/t14-/m0/s1. The molecule has 4 rings (SSSR count). The monoisotopic (exact) mass is 402 g/mol. The summed E-state index contributed by atoms with van der Waals surface area (Å²) in [7, 11) is -3.04. The van der Waals surface area contributed by atoms with Gasteiger partial charge in [-0.15, -0.1) is 11.3 Å². The lowest BCUT2D eigenvalue weighted by Gasteiger charge is -2.13. The first kappa shape index (κ1) is 17.9. The zero-order valence-electron chi connectivity index (χ0n) is 14.6. The molecule has 1 amide bonds. The predicted octanol–water partition coefficient (Wildman–Crippen LogP) is 2.93. The fourth-order valence-corrected chi connectivity index (χ4v) is 5.63. The molecule has 1 fully saturated rings. The van der Waals surface area contributed by atoms with Gasteiger partial charge in [0.25, 0.3) is 5.91 Å². The number of aryl methyl sites for hydroxylation is 1. The highest BCUT2D eigenvalue weighted by Gasteiger charge is 2.31. The number of hydrogen-bond acceptors (Lipinski definition) is 6. The van der Waals surface area contributed by atoms with Gasteiger partial charge in [-0.1, -0.05) is 30.3 Å². The Bertz CT molecular complexity index is 1090. The molecular formula is C18H18N4O3S2. The van der Waals surface area contributed by atoms with E-state index in [1.807, 2.05) is 37.3 Å². The third kappa shape index (κ3) is 3.79. The van der Waals surface area contributed by atoms with Crippen molar-refractivity contribution in [2.45, 2.75) is 19.4 Å². The van der Waals surface area contributed by atoms with Crippen molar-refractivity contribution in [2.75, 3.05) is 16.8 Å². The molecular weight excluding hydrogens is 384 g/mol. The van der Waals surface area contributed by atoms with E-state index in [-0.39, 0.29) is 23.5 Å². The van der Waals surface area contributed by atoms with E-state index < -0.39 is 9.84 Å². The number of carbonyl (C=O) groups is 1. The van der Waals surface area contributed by atoms with Crippen LogP contribution in [0.25, 0.3) is 10.6 Å². The highest BCUT2D eigenvalue weighted by molar-refractivity contribution is 7.91. The number of sulfone groups is 1. The Labute approximate surface area is 161 Å². The third-order valence-electron chi connectivity index (χ3n) is 4.41. The average Bonchev–Trinajstić information content (AvgIpc) is 3.34. The van der Waals surface area contributed by atoms with Crippen LogP contribution in [0.5, 0.6) is 0 Å². The molecule has 140 valence electrons. The quantitative estimate of drug-likeness (QED) is 0.724. The summed E-state index contributed by atoms with van der Waals surface area (Å²) in [5, 5.41) is 9.69. The molecule has 3 heterocycles. The van der Waals surface area contributed by atoms with Gasteiger partial charge in [0.15, 0.2) is 9.84 Å². The van der Waals surface area contributed by atoms with Gasteiger partial charge in [0.05, 0.1) is 23.2 Å². The molecule has 1 aromatic carbocycles. The molecule has 27 heavy (non-hydrogen) atoms. The van der Waals surface area contributed by atoms with Crippen molar-refractivity contribution < 1.29 is 13.2 Å². The summed E-state index contributed by atoms with van der Waals surface area (Å²) >= 11 is 1.40. The lowest BCUT2D eigenvalue weighted by Crippen LogP contribution is -2.19. The highest BCUT2D eigenvalue weighted by Crippen LogP contribution is 2.28. The number of amides is 1. The Balaban J connectivity index is 1.55. The Morgan fingerprint density at radius 3 is 2.78 bits per heavy atom. The summed E-state index contributed by atoms with van der Waals surface area (Å²) in [5.74, 6) is 0.354. The fourth-order valence-electron chi connectivity index (χ4n) is 3.13. The molecule has 0 radical (unpaired) electrons. The van der Waals surface area contributed by atoms with E-state index in [1.54, 1.807) is 16.1 Å². The molecule has 1 saturated heterocycles. The van der Waals surface area contributed by atoms with Crippen LogP contribution in [0.15, 0.2) is 41.8 Å². The lowest BCUT2D eigenvalue weighted by atomic mass is 10.2. The molecule has 0 saturated carbocycles. The Hall–Kier alpha value is -2.52. The summed E-state index contributed by atoms with van der Waals surface area (Å²) in [6, 6.07) is 11.2. The van der Waals surface area contributed by atoms with Crippen LogP contribution in [-0.4, -0.2) is 40.6 Å². The summed E-state index contributed by atoms with van der Waals surface area (Å²) in [6.45, 7) is 1.81. The Kier molecular flexibility index (Phi) is 4.56. The van der Waals surface area contributed by atoms with Crippen LogP contribution in [-0.2, 0) is 9.84 Å². The van der Waals surface area contributed by atoms with Gasteiger partial charge >= 0.3 is 0 Å². The van der Waals surface area contributed by atoms with Gasteiger partial charge in [-0.05, 0) is 13.3 Å². The number of rotatable bonds is 4. The SMILES string of the molecule is Cc1cc(NC(=O)c2csc(-c3ccccc3)n2)n([C@H]2CCS(=O)(=O)C2)n1. The average molecular weight is 403 g/mol. The maximum absolute atomic E-state index is 12.6. The van der Waals surface area contributed by atoms with E-state index in [9.17, 15) is 13.2 Å². The summed E-state index contributed by atoms with van der Waals surface area (Å²) in [5.41, 5.74) is 2.00. The zero-order valence-corrected chi connectivity index (χ0v) is 16.3. The number of anilines is 1. The Morgan fingerprint density at radius 1 is 1.30 bits per heavy atom. The molecule has 0 bridgehead atoms. The van der Waals surface area contributed by atoms with E-state index in [0.29, 0.717) is 17.9 Å². The van der Waals surface area contributed by atoms with Crippen molar-refractivity contribution >= 4 is 32.9 Å². The summed E-state index contributed by atoms with van der Waals surface area (Å²) in [6.07, 6.45) is 0.501. The van der Waals surface area contributed by atoms with E-state index in [4.69, 9.17) is 0 Å². The first-order valence-electron chi connectivity index (χ1n) is 8.50. The van der Waals surface area contributed by atoms with Crippen LogP contribution in [0.3, 0.4) is 0 Å². The van der Waals surface area contributed by atoms with Crippen molar-refractivity contribution in [1.29, 1.82) is 0 Å². The molecule has 1 aliphatic rings. The minimum absolute atomic E-state index is 0.0475. The van der Waals surface area contributed by atoms with Crippen LogP contribution in [0.2, 0.25) is 0 Å². The van der Waals surface area contributed by atoms with E-state index >= 15 is 0 Å². The molecule has 3 aromatic rings. The number of hydrogen-bond donors (Lipinski definition) is 1. The van der Waals surface area contributed by atoms with E-state index in [2.05, 4.69) is 15.4 Å². The van der Waals surface area contributed by atoms with Crippen molar-refractivity contribution in [3.8, 4) is 10.6 Å². The van der Waals surface area contributed by atoms with Gasteiger partial charge in [0.2, 0.25) is 0 Å². The number of nitrogens with one attached hydrogen (secondary N) is 1. The van der Waals surface area contributed by atoms with Gasteiger partial charge in [-0.3, -0.25) is 4.79 Å². The topological polar surface area (TPSA) is 94.0 Å². The van der Waals surface area contributed by atoms with E-state index in [0.717, 1.165) is 16.3 Å². The summed E-state index contributed by atoms with van der Waals surface area (Å²) < 4.78 is 25.2. The van der Waals surface area contributed by atoms with Crippen LogP contribution in [0.1, 0.15) is 28.6 Å². The van der Waals surface area contributed by atoms with Gasteiger partial charge in [-0.2, -0.15) is 5.10 Å². The molecule has 0 aliphatic carbocycles. The normalized spacial score (nSPS) is 18.5. The largest absolute Gasteiger partial charge is 0.305 e. The second kappa shape index (κ2) is 6.90. The van der Waals surface area contributed by atoms with Crippen molar-refractivity contribution in [2.24, 2.45) is 0 Å². The second-order valence-corrected chi connectivity index (χ2v) is 9.62. The second-order valence-electron chi connectivity index (χ2n) is 6.53. The molecule has 9 heteroatoms. The van der Waals surface area contributed by atoms with Crippen LogP contribution >= 0.6 is 11.3 Å². The molecule has 2 aromatic heterocycles. The zero-order chi connectivity index (χ0) is 19.0. The van der Waals surface area contributed by atoms with Crippen molar-refractivity contribution in [3.63, 3.8) is 0 Å². The first-order valence-corrected chi connectivity index (χ1v) is 11.2. The molecule has 1 N–H and O–H groups in total. The molecule has 1 atom stereocenters. The number of nitrogens with zero attached hydrogens (tertiary/aromatic N) is 3. The van der Waals surface area contributed by atoms with Crippen molar-refractivity contribution in [3.05, 3.63) is 53.2 Å². The first-order chi connectivity index (χ1) is 12.9. The maximum Gasteiger partial charge on any atom is 0.276 e. The highest BCUT2D eigenvalue weighted by atomic mass is 32.2. The van der Waals surface area contributed by atoms with Crippen molar-refractivity contribution in [1.82, 2.24) is 14.8 Å². The van der Waals surface area contributed by atoms with Crippen LogP contribution < -0.4 is 5.32 Å². The van der Waals surface area contributed by atoms with Crippen LogP contribution in [0, 0.1) is 6.92 Å². The molecule has 0 unspecified atom stereocenters. The molecule has 7 nitrogen and oxygen atoms in total. The maximum atomic E-state index is 12.6. The van der Waals surface area contributed by atoms with Gasteiger partial charge in [0.1, 0.15) is 16.5 Å². The van der Waals surface area contributed by atoms with E-state index in [1.165, 1.54) is 11.3 Å². The number of benzene rings is 1. The van der Waals surface area contributed by atoms with Gasteiger partial charge in [0, 0.05) is 17.0 Å². The minimum atomic E-state index is -3.04. The third-order valence-corrected chi connectivity index (χ3v) is 7.05. The van der Waals surface area contributed by atoms with Gasteiger partial charge < -0.3 is 5.32 Å². The van der Waals surface area contributed by atoms with Crippen LogP contribution in [0.4, 0.5) is 5.82 Å². The molecule has 0 spiro atoms. The number of aromatic nitrogens is 3. The number of thiazole rings is 1. The Morgan fingerprint density at radius 2 is 2.07 bits per heavy atom. The minimum Gasteiger partial charge on any atom is -0.305 e. The predicted molar refractivity (Wildman–Crippen MR) is 105 cm³/mol. The van der Waals surface area contributed by atoms with Gasteiger partial charge in [-0.25, -0.2) is 18.1 Å². The smallest absolute Gasteiger partial charge is 0.276 e. The number of carbonyl (C=O) groups excluding carboxylic acids is 1. The molecule has 1 aliphatic heterocycles.